The number of hydrogen-bond donors (Lipinski definition) is 0. The molecule has 0 atom stereocenters. The molecule has 1 fully saturated rings. The Labute approximate surface area is 185 Å². The third-order valence-electron chi connectivity index (χ3n) is 5.49. The van der Waals surface area contributed by atoms with Crippen LogP contribution >= 0.6 is 11.3 Å². The zero-order chi connectivity index (χ0) is 21.4. The topological polar surface area (TPSA) is 67.8 Å². The number of rotatable bonds is 3. The first-order valence-corrected chi connectivity index (χ1v) is 11.2. The van der Waals surface area contributed by atoms with Gasteiger partial charge < -0.3 is 19.3 Å². The van der Waals surface area contributed by atoms with E-state index < -0.39 is 0 Å². The molecule has 2 aromatic heterocycles. The minimum Gasteiger partial charge on any atom is -0.486 e. The van der Waals surface area contributed by atoms with E-state index in [1.165, 1.54) is 11.3 Å². The Morgan fingerprint density at radius 3 is 2.48 bits per heavy atom. The van der Waals surface area contributed by atoms with Crippen LogP contribution in [0.4, 0.5) is 5.82 Å². The number of nitrogens with zero attached hydrogens (tertiary/aromatic N) is 4. The predicted octanol–water partition coefficient (Wildman–Crippen LogP) is 3.56. The Morgan fingerprint density at radius 2 is 1.71 bits per heavy atom. The molecule has 0 aliphatic carbocycles. The smallest absolute Gasteiger partial charge is 0.264 e. The van der Waals surface area contributed by atoms with Crippen LogP contribution in [0.1, 0.15) is 21.2 Å². The van der Waals surface area contributed by atoms with Crippen molar-refractivity contribution in [2.45, 2.75) is 13.8 Å². The number of anilines is 1. The largest absolute Gasteiger partial charge is 0.486 e. The average Bonchev–Trinajstić information content (AvgIpc) is 3.28. The maximum Gasteiger partial charge on any atom is 0.264 e. The molecule has 4 heterocycles. The number of carbonyl (C=O) groups excluding carboxylic acids is 1. The summed E-state index contributed by atoms with van der Waals surface area (Å²) in [5.74, 6) is 3.34. The second-order valence-corrected chi connectivity index (χ2v) is 8.80. The van der Waals surface area contributed by atoms with E-state index in [0.29, 0.717) is 26.3 Å². The average molecular weight is 437 g/mol. The Balaban J connectivity index is 1.26. The first-order valence-electron chi connectivity index (χ1n) is 10.4. The van der Waals surface area contributed by atoms with E-state index in [-0.39, 0.29) is 5.91 Å². The van der Waals surface area contributed by atoms with Crippen molar-refractivity contribution in [3.63, 3.8) is 0 Å². The molecule has 0 N–H and O–H groups in total. The van der Waals surface area contributed by atoms with Gasteiger partial charge in [0.15, 0.2) is 11.5 Å². The van der Waals surface area contributed by atoms with E-state index in [1.54, 1.807) is 0 Å². The van der Waals surface area contributed by atoms with Crippen LogP contribution in [0.2, 0.25) is 0 Å². The fourth-order valence-corrected chi connectivity index (χ4v) is 4.93. The molecule has 5 rings (SSSR count). The van der Waals surface area contributed by atoms with Gasteiger partial charge in [-0.1, -0.05) is 0 Å². The molecule has 7 nitrogen and oxygen atoms in total. The fourth-order valence-electron chi connectivity index (χ4n) is 3.96. The lowest BCUT2D eigenvalue weighted by Gasteiger charge is -2.35. The minimum atomic E-state index is 0.0866. The van der Waals surface area contributed by atoms with E-state index in [4.69, 9.17) is 9.47 Å². The number of aromatic nitrogens is 2. The molecule has 0 bridgehead atoms. The molecule has 1 aromatic carbocycles. The normalized spacial score (nSPS) is 15.8. The summed E-state index contributed by atoms with van der Waals surface area (Å²) >= 11 is 1.52. The van der Waals surface area contributed by atoms with Crippen molar-refractivity contribution < 1.29 is 14.3 Å². The first kappa shape index (κ1) is 19.8. The number of fused-ring (bicyclic) bond motifs is 1. The van der Waals surface area contributed by atoms with Crippen LogP contribution in [0.15, 0.2) is 36.4 Å². The van der Waals surface area contributed by atoms with Crippen LogP contribution in [0, 0.1) is 13.8 Å². The second kappa shape index (κ2) is 8.19. The van der Waals surface area contributed by atoms with E-state index >= 15 is 0 Å². The van der Waals surface area contributed by atoms with Gasteiger partial charge in [0.1, 0.15) is 24.9 Å². The van der Waals surface area contributed by atoms with Gasteiger partial charge in [-0.2, -0.15) is 0 Å². The van der Waals surface area contributed by atoms with Crippen LogP contribution in [-0.4, -0.2) is 60.2 Å². The molecule has 0 unspecified atom stereocenters. The van der Waals surface area contributed by atoms with Gasteiger partial charge in [-0.05, 0) is 49.7 Å². The summed E-state index contributed by atoms with van der Waals surface area (Å²) in [6, 6.07) is 11.9. The van der Waals surface area contributed by atoms with E-state index in [1.807, 2.05) is 55.1 Å². The number of ether oxygens (including phenoxy) is 2. The maximum absolute atomic E-state index is 13.1. The summed E-state index contributed by atoms with van der Waals surface area (Å²) in [7, 11) is 0. The van der Waals surface area contributed by atoms with Crippen LogP contribution in [0.3, 0.4) is 0 Å². The van der Waals surface area contributed by atoms with Crippen molar-refractivity contribution in [2.75, 3.05) is 44.3 Å². The highest BCUT2D eigenvalue weighted by molar-refractivity contribution is 7.17. The molecular formula is C23H24N4O3S. The number of benzene rings is 1. The number of carbonyl (C=O) groups is 1. The molecule has 8 heteroatoms. The molecular weight excluding hydrogens is 412 g/mol. The summed E-state index contributed by atoms with van der Waals surface area (Å²) in [6.07, 6.45) is 0. The van der Waals surface area contributed by atoms with Gasteiger partial charge in [0, 0.05) is 42.8 Å². The van der Waals surface area contributed by atoms with Crippen molar-refractivity contribution in [3.8, 4) is 21.9 Å². The lowest BCUT2D eigenvalue weighted by atomic mass is 10.1. The highest BCUT2D eigenvalue weighted by atomic mass is 32.1. The quantitative estimate of drug-likeness (QED) is 0.626. The standard InChI is InChI=1S/C23H24N4O3S/c1-15-13-22(25-16(2)24-15)26-7-9-27(10-8-26)23(28)21-6-5-20(31-21)17-3-4-18-19(14-17)30-12-11-29-18/h3-6,13-14H,7-12H2,1-2H3. The van der Waals surface area contributed by atoms with E-state index in [2.05, 4.69) is 14.9 Å². The zero-order valence-electron chi connectivity index (χ0n) is 17.6. The van der Waals surface area contributed by atoms with Crippen LogP contribution in [-0.2, 0) is 0 Å². The second-order valence-electron chi connectivity index (χ2n) is 7.72. The molecule has 2 aliphatic rings. The first-order chi connectivity index (χ1) is 15.1. The van der Waals surface area contributed by atoms with E-state index in [9.17, 15) is 4.79 Å². The van der Waals surface area contributed by atoms with Gasteiger partial charge in [-0.25, -0.2) is 9.97 Å². The van der Waals surface area contributed by atoms with Crippen LogP contribution in [0.5, 0.6) is 11.5 Å². The molecule has 1 amide bonds. The molecule has 2 aliphatic heterocycles. The summed E-state index contributed by atoms with van der Waals surface area (Å²) in [5, 5.41) is 0. The monoisotopic (exact) mass is 436 g/mol. The van der Waals surface area contributed by atoms with Gasteiger partial charge in [-0.3, -0.25) is 4.79 Å². The minimum absolute atomic E-state index is 0.0866. The molecule has 31 heavy (non-hydrogen) atoms. The number of piperazine rings is 1. The highest BCUT2D eigenvalue weighted by Gasteiger charge is 2.24. The molecule has 1 saturated heterocycles. The van der Waals surface area contributed by atoms with Gasteiger partial charge in [0.05, 0.1) is 4.88 Å². The van der Waals surface area contributed by atoms with E-state index in [0.717, 1.165) is 57.2 Å². The SMILES string of the molecule is Cc1cc(N2CCN(C(=O)c3ccc(-c4ccc5c(c4)OCCO5)s3)CC2)nc(C)n1. The Bertz CT molecular complexity index is 1100. The Hall–Kier alpha value is -3.13. The number of hydrogen-bond acceptors (Lipinski definition) is 7. The highest BCUT2D eigenvalue weighted by Crippen LogP contribution is 2.37. The lowest BCUT2D eigenvalue weighted by Crippen LogP contribution is -2.49. The van der Waals surface area contributed by atoms with Crippen molar-refractivity contribution in [1.29, 1.82) is 0 Å². The third kappa shape index (κ3) is 4.07. The summed E-state index contributed by atoms with van der Waals surface area (Å²) < 4.78 is 11.3. The van der Waals surface area contributed by atoms with Crippen molar-refractivity contribution in [1.82, 2.24) is 14.9 Å². The van der Waals surface area contributed by atoms with Gasteiger partial charge >= 0.3 is 0 Å². The summed E-state index contributed by atoms with van der Waals surface area (Å²) in [6.45, 7) is 7.92. The van der Waals surface area contributed by atoms with Gasteiger partial charge in [-0.15, -0.1) is 11.3 Å². The molecule has 0 saturated carbocycles. The number of thiophene rings is 1. The van der Waals surface area contributed by atoms with Crippen LogP contribution < -0.4 is 14.4 Å². The van der Waals surface area contributed by atoms with Crippen molar-refractivity contribution in [2.24, 2.45) is 0 Å². The van der Waals surface area contributed by atoms with Gasteiger partial charge in [0.25, 0.3) is 5.91 Å². The zero-order valence-corrected chi connectivity index (χ0v) is 18.4. The molecule has 3 aromatic rings. The van der Waals surface area contributed by atoms with Gasteiger partial charge in [0.2, 0.25) is 0 Å². The Morgan fingerprint density at radius 1 is 0.935 bits per heavy atom. The molecule has 0 radical (unpaired) electrons. The molecule has 160 valence electrons. The maximum atomic E-state index is 13.1. The lowest BCUT2D eigenvalue weighted by molar-refractivity contribution is 0.0751. The number of aryl methyl sites for hydroxylation is 2. The Kier molecular flexibility index (Phi) is 5.23. The summed E-state index contributed by atoms with van der Waals surface area (Å²) in [4.78, 5) is 27.9. The van der Waals surface area contributed by atoms with Crippen molar-refractivity contribution in [3.05, 3.63) is 52.8 Å². The predicted molar refractivity (Wildman–Crippen MR) is 120 cm³/mol. The number of amides is 1. The summed E-state index contributed by atoms with van der Waals surface area (Å²) in [5.41, 5.74) is 2.00. The molecule has 0 spiro atoms. The third-order valence-corrected chi connectivity index (χ3v) is 6.61. The fraction of sp³-hybridized carbons (Fsp3) is 0.348. The van der Waals surface area contributed by atoms with Crippen molar-refractivity contribution >= 4 is 23.1 Å². The van der Waals surface area contributed by atoms with Crippen LogP contribution in [0.25, 0.3) is 10.4 Å².